The van der Waals surface area contributed by atoms with Gasteiger partial charge in [-0.1, -0.05) is 13.8 Å². The van der Waals surface area contributed by atoms with Crippen LogP contribution in [0.5, 0.6) is 0 Å². The lowest BCUT2D eigenvalue weighted by Crippen LogP contribution is -2.27. The Balaban J connectivity index is 2.30. The molecule has 0 amide bonds. The van der Waals surface area contributed by atoms with Crippen molar-refractivity contribution in [2.45, 2.75) is 32.8 Å². The monoisotopic (exact) mass is 171 g/mol. The molecule has 1 aliphatic rings. The first-order valence-electron chi connectivity index (χ1n) is 5.00. The van der Waals surface area contributed by atoms with Crippen molar-refractivity contribution in [1.29, 1.82) is 0 Å². The summed E-state index contributed by atoms with van der Waals surface area (Å²) in [5, 5.41) is 3.23. The zero-order valence-electron chi connectivity index (χ0n) is 8.47. The van der Waals surface area contributed by atoms with E-state index < -0.39 is 0 Å². The van der Waals surface area contributed by atoms with Crippen molar-refractivity contribution < 1.29 is 4.74 Å². The maximum atomic E-state index is 5.69. The fourth-order valence-electron chi connectivity index (χ4n) is 1.91. The van der Waals surface area contributed by atoms with Gasteiger partial charge in [0.1, 0.15) is 0 Å². The number of nitrogens with one attached hydrogen (secondary N) is 1. The van der Waals surface area contributed by atoms with E-state index in [9.17, 15) is 0 Å². The molecule has 2 atom stereocenters. The highest BCUT2D eigenvalue weighted by Crippen LogP contribution is 2.25. The van der Waals surface area contributed by atoms with Crippen molar-refractivity contribution in [2.75, 3.05) is 20.2 Å². The van der Waals surface area contributed by atoms with Crippen molar-refractivity contribution in [3.63, 3.8) is 0 Å². The van der Waals surface area contributed by atoms with Gasteiger partial charge in [-0.2, -0.15) is 0 Å². The molecule has 0 aromatic rings. The molecule has 0 saturated carbocycles. The normalized spacial score (nSPS) is 30.0. The van der Waals surface area contributed by atoms with E-state index in [-0.39, 0.29) is 0 Å². The Morgan fingerprint density at radius 2 is 2.25 bits per heavy atom. The minimum absolute atomic E-state index is 0.512. The van der Waals surface area contributed by atoms with Crippen LogP contribution in [0, 0.1) is 11.8 Å². The largest absolute Gasteiger partial charge is 0.378 e. The Morgan fingerprint density at radius 3 is 2.83 bits per heavy atom. The first-order chi connectivity index (χ1) is 5.74. The molecule has 2 heteroatoms. The summed E-state index contributed by atoms with van der Waals surface area (Å²) in [6.07, 6.45) is 2.96. The van der Waals surface area contributed by atoms with Crippen LogP contribution in [0.2, 0.25) is 0 Å². The molecule has 12 heavy (non-hydrogen) atoms. The summed E-state index contributed by atoms with van der Waals surface area (Å²) in [5.74, 6) is 1.50. The summed E-state index contributed by atoms with van der Waals surface area (Å²) in [4.78, 5) is 0. The highest BCUT2D eigenvalue weighted by Gasteiger charge is 2.27. The fraction of sp³-hybridized carbons (Fsp3) is 1.00. The van der Waals surface area contributed by atoms with Gasteiger partial charge in [0.15, 0.2) is 0 Å². The highest BCUT2D eigenvalue weighted by atomic mass is 16.5. The summed E-state index contributed by atoms with van der Waals surface area (Å²) >= 11 is 0. The van der Waals surface area contributed by atoms with Crippen LogP contribution in [0.15, 0.2) is 0 Å². The number of ether oxygens (including phenoxy) is 1. The van der Waals surface area contributed by atoms with E-state index in [0.717, 1.165) is 25.0 Å². The Labute approximate surface area is 75.7 Å². The molecule has 2 nitrogen and oxygen atoms in total. The summed E-state index contributed by atoms with van der Waals surface area (Å²) < 4.78 is 5.69. The number of hydrogen-bond donors (Lipinski definition) is 1. The molecular formula is C10H21NO. The Kier molecular flexibility index (Phi) is 4.02. The van der Waals surface area contributed by atoms with Gasteiger partial charge in [0, 0.05) is 13.2 Å². The van der Waals surface area contributed by atoms with E-state index in [4.69, 9.17) is 4.74 Å². The van der Waals surface area contributed by atoms with E-state index in [0.29, 0.717) is 6.10 Å². The smallest absolute Gasteiger partial charge is 0.0618 e. The quantitative estimate of drug-likeness (QED) is 0.694. The second kappa shape index (κ2) is 4.83. The van der Waals surface area contributed by atoms with Crippen LogP contribution in [0.25, 0.3) is 0 Å². The summed E-state index contributed by atoms with van der Waals surface area (Å²) in [6, 6.07) is 0. The lowest BCUT2D eigenvalue weighted by molar-refractivity contribution is 0.0734. The zero-order valence-corrected chi connectivity index (χ0v) is 8.47. The minimum atomic E-state index is 0.512. The van der Waals surface area contributed by atoms with Gasteiger partial charge in [-0.05, 0) is 31.7 Å². The third-order valence-corrected chi connectivity index (χ3v) is 2.52. The highest BCUT2D eigenvalue weighted by molar-refractivity contribution is 4.78. The molecule has 1 aliphatic heterocycles. The van der Waals surface area contributed by atoms with Gasteiger partial charge < -0.3 is 10.1 Å². The molecule has 2 unspecified atom stereocenters. The SMILES string of the molecule is CNCC1CCOC1CC(C)C. The molecule has 0 aromatic heterocycles. The van der Waals surface area contributed by atoms with Crippen LogP contribution < -0.4 is 5.32 Å². The van der Waals surface area contributed by atoms with Crippen LogP contribution in [-0.2, 0) is 4.74 Å². The lowest BCUT2D eigenvalue weighted by Gasteiger charge is -2.19. The average Bonchev–Trinajstić information content (AvgIpc) is 2.37. The van der Waals surface area contributed by atoms with E-state index in [1.54, 1.807) is 0 Å². The molecule has 0 spiro atoms. The van der Waals surface area contributed by atoms with Crippen LogP contribution >= 0.6 is 0 Å². The molecule has 1 saturated heterocycles. The van der Waals surface area contributed by atoms with Crippen LogP contribution in [-0.4, -0.2) is 26.3 Å². The Morgan fingerprint density at radius 1 is 1.50 bits per heavy atom. The summed E-state index contributed by atoms with van der Waals surface area (Å²) in [7, 11) is 2.02. The van der Waals surface area contributed by atoms with Crippen molar-refractivity contribution in [3.05, 3.63) is 0 Å². The average molecular weight is 171 g/mol. The van der Waals surface area contributed by atoms with E-state index in [2.05, 4.69) is 19.2 Å². The van der Waals surface area contributed by atoms with Crippen molar-refractivity contribution in [1.82, 2.24) is 5.32 Å². The third kappa shape index (κ3) is 2.76. The topological polar surface area (TPSA) is 21.3 Å². The van der Waals surface area contributed by atoms with Crippen LogP contribution in [0.4, 0.5) is 0 Å². The molecule has 0 aliphatic carbocycles. The van der Waals surface area contributed by atoms with E-state index in [1.165, 1.54) is 12.8 Å². The van der Waals surface area contributed by atoms with Gasteiger partial charge in [-0.25, -0.2) is 0 Å². The molecule has 0 aromatic carbocycles. The molecule has 1 rings (SSSR count). The first-order valence-corrected chi connectivity index (χ1v) is 5.00. The molecular weight excluding hydrogens is 150 g/mol. The Hall–Kier alpha value is -0.0800. The Bertz CT molecular complexity index is 125. The van der Waals surface area contributed by atoms with Gasteiger partial charge >= 0.3 is 0 Å². The second-order valence-electron chi connectivity index (χ2n) is 4.15. The number of rotatable bonds is 4. The van der Waals surface area contributed by atoms with Gasteiger partial charge in [-0.3, -0.25) is 0 Å². The maximum Gasteiger partial charge on any atom is 0.0618 e. The van der Waals surface area contributed by atoms with E-state index in [1.807, 2.05) is 7.05 Å². The number of hydrogen-bond acceptors (Lipinski definition) is 2. The zero-order chi connectivity index (χ0) is 8.97. The van der Waals surface area contributed by atoms with Crippen molar-refractivity contribution in [2.24, 2.45) is 11.8 Å². The second-order valence-corrected chi connectivity index (χ2v) is 4.15. The lowest BCUT2D eigenvalue weighted by atomic mass is 9.94. The summed E-state index contributed by atoms with van der Waals surface area (Å²) in [5.41, 5.74) is 0. The van der Waals surface area contributed by atoms with Crippen LogP contribution in [0.3, 0.4) is 0 Å². The third-order valence-electron chi connectivity index (χ3n) is 2.52. The van der Waals surface area contributed by atoms with Gasteiger partial charge in [0.05, 0.1) is 6.10 Å². The fourth-order valence-corrected chi connectivity index (χ4v) is 1.91. The molecule has 0 bridgehead atoms. The minimum Gasteiger partial charge on any atom is -0.378 e. The van der Waals surface area contributed by atoms with Crippen molar-refractivity contribution >= 4 is 0 Å². The molecule has 1 N–H and O–H groups in total. The molecule has 0 radical (unpaired) electrons. The van der Waals surface area contributed by atoms with Gasteiger partial charge in [0.2, 0.25) is 0 Å². The molecule has 72 valence electrons. The summed E-state index contributed by atoms with van der Waals surface area (Å²) in [6.45, 7) is 6.59. The van der Waals surface area contributed by atoms with Gasteiger partial charge in [0.25, 0.3) is 0 Å². The maximum absolute atomic E-state index is 5.69. The van der Waals surface area contributed by atoms with Crippen molar-refractivity contribution in [3.8, 4) is 0 Å². The predicted octanol–water partition coefficient (Wildman–Crippen LogP) is 1.66. The van der Waals surface area contributed by atoms with E-state index >= 15 is 0 Å². The predicted molar refractivity (Wildman–Crippen MR) is 51.2 cm³/mol. The standard InChI is InChI=1S/C10H21NO/c1-8(2)6-10-9(7-11-3)4-5-12-10/h8-11H,4-7H2,1-3H3. The van der Waals surface area contributed by atoms with Crippen LogP contribution in [0.1, 0.15) is 26.7 Å². The van der Waals surface area contributed by atoms with Gasteiger partial charge in [-0.15, -0.1) is 0 Å². The molecule has 1 heterocycles. The first kappa shape index (κ1) is 10.0. The molecule has 1 fully saturated rings.